The molecule has 0 amide bonds. The van der Waals surface area contributed by atoms with Crippen molar-refractivity contribution < 1.29 is 23.4 Å². The largest absolute Gasteiger partial charge is 0.496 e. The molecule has 0 aliphatic carbocycles. The normalized spacial score (nSPS) is 12.3. The van der Waals surface area contributed by atoms with Crippen molar-refractivity contribution >= 4 is 0 Å². The molecule has 2 aromatic rings. The number of halogens is 2. The maximum absolute atomic E-state index is 12.4. The van der Waals surface area contributed by atoms with Gasteiger partial charge in [0.15, 0.2) is 0 Å². The molecule has 0 fully saturated rings. The first-order valence-corrected chi connectivity index (χ1v) is 6.39. The summed E-state index contributed by atoms with van der Waals surface area (Å²) in [5, 5.41) is 10.5. The third-order valence-corrected chi connectivity index (χ3v) is 3.11. The molecule has 0 heterocycles. The Bertz CT molecular complexity index is 614. The van der Waals surface area contributed by atoms with Gasteiger partial charge in [0.2, 0.25) is 0 Å². The lowest BCUT2D eigenvalue weighted by molar-refractivity contribution is -0.0512. The van der Waals surface area contributed by atoms with E-state index in [9.17, 15) is 13.9 Å². The third-order valence-electron chi connectivity index (χ3n) is 3.11. The first-order valence-electron chi connectivity index (χ1n) is 6.39. The molecular weight excluding hydrogens is 278 g/mol. The highest BCUT2D eigenvalue weighted by atomic mass is 19.3. The minimum absolute atomic E-state index is 0.0523. The summed E-state index contributed by atoms with van der Waals surface area (Å²) in [6.45, 7) is -1.07. The molecular formula is C16H16F2O3. The molecule has 0 bridgehead atoms. The van der Waals surface area contributed by atoms with Crippen LogP contribution in [0, 0.1) is 6.92 Å². The van der Waals surface area contributed by atoms with Gasteiger partial charge >= 0.3 is 6.61 Å². The van der Waals surface area contributed by atoms with Crippen LogP contribution in [0.4, 0.5) is 8.78 Å². The van der Waals surface area contributed by atoms with Gasteiger partial charge in [-0.25, -0.2) is 0 Å². The molecule has 0 aromatic heterocycles. The van der Waals surface area contributed by atoms with Crippen LogP contribution in [-0.2, 0) is 0 Å². The molecule has 0 saturated carbocycles. The SMILES string of the molecule is COc1ccc(C)cc1C(O)c1ccccc1OC(F)F. The molecule has 0 aliphatic heterocycles. The molecule has 1 atom stereocenters. The van der Waals surface area contributed by atoms with Crippen LogP contribution in [-0.4, -0.2) is 18.8 Å². The van der Waals surface area contributed by atoms with Crippen LogP contribution in [0.2, 0.25) is 0 Å². The lowest BCUT2D eigenvalue weighted by Gasteiger charge is -2.18. The van der Waals surface area contributed by atoms with E-state index in [4.69, 9.17) is 4.74 Å². The van der Waals surface area contributed by atoms with E-state index in [-0.39, 0.29) is 11.3 Å². The molecule has 21 heavy (non-hydrogen) atoms. The second kappa shape index (κ2) is 6.54. The highest BCUT2D eigenvalue weighted by Gasteiger charge is 2.20. The third kappa shape index (κ3) is 3.49. The van der Waals surface area contributed by atoms with Crippen LogP contribution in [0.15, 0.2) is 42.5 Å². The van der Waals surface area contributed by atoms with Gasteiger partial charge in [-0.3, -0.25) is 0 Å². The Morgan fingerprint density at radius 2 is 1.71 bits per heavy atom. The molecule has 1 N–H and O–H groups in total. The minimum Gasteiger partial charge on any atom is -0.496 e. The smallest absolute Gasteiger partial charge is 0.387 e. The molecule has 0 aliphatic rings. The lowest BCUT2D eigenvalue weighted by Crippen LogP contribution is -2.09. The molecule has 2 rings (SSSR count). The summed E-state index contributed by atoms with van der Waals surface area (Å²) in [5.41, 5.74) is 1.70. The van der Waals surface area contributed by atoms with Crippen molar-refractivity contribution in [3.05, 3.63) is 59.2 Å². The Morgan fingerprint density at radius 1 is 1.00 bits per heavy atom. The zero-order valence-electron chi connectivity index (χ0n) is 11.7. The highest BCUT2D eigenvalue weighted by molar-refractivity contribution is 5.46. The van der Waals surface area contributed by atoms with Crippen LogP contribution in [0.1, 0.15) is 22.8 Å². The van der Waals surface area contributed by atoms with E-state index < -0.39 is 12.7 Å². The van der Waals surface area contributed by atoms with Gasteiger partial charge < -0.3 is 14.6 Å². The fourth-order valence-corrected chi connectivity index (χ4v) is 2.14. The highest BCUT2D eigenvalue weighted by Crippen LogP contribution is 2.35. The summed E-state index contributed by atoms with van der Waals surface area (Å²) in [7, 11) is 1.49. The number of rotatable bonds is 5. The van der Waals surface area contributed by atoms with Gasteiger partial charge in [0.25, 0.3) is 0 Å². The van der Waals surface area contributed by atoms with E-state index in [0.717, 1.165) is 5.56 Å². The number of hydrogen-bond acceptors (Lipinski definition) is 3. The summed E-state index contributed by atoms with van der Waals surface area (Å²) in [4.78, 5) is 0. The minimum atomic E-state index is -2.95. The van der Waals surface area contributed by atoms with Crippen molar-refractivity contribution in [3.63, 3.8) is 0 Å². The lowest BCUT2D eigenvalue weighted by atomic mass is 9.98. The molecule has 0 spiro atoms. The van der Waals surface area contributed by atoms with Crippen LogP contribution >= 0.6 is 0 Å². The van der Waals surface area contributed by atoms with Gasteiger partial charge in [-0.1, -0.05) is 29.8 Å². The van der Waals surface area contributed by atoms with E-state index in [2.05, 4.69) is 4.74 Å². The Labute approximate surface area is 121 Å². The number of para-hydroxylation sites is 1. The van der Waals surface area contributed by atoms with Crippen molar-refractivity contribution in [1.29, 1.82) is 0 Å². The van der Waals surface area contributed by atoms with Crippen molar-refractivity contribution in [1.82, 2.24) is 0 Å². The van der Waals surface area contributed by atoms with E-state index >= 15 is 0 Å². The monoisotopic (exact) mass is 294 g/mol. The number of ether oxygens (including phenoxy) is 2. The molecule has 3 nitrogen and oxygen atoms in total. The number of aliphatic hydroxyl groups is 1. The van der Waals surface area contributed by atoms with E-state index in [1.807, 2.05) is 13.0 Å². The van der Waals surface area contributed by atoms with Gasteiger partial charge in [0.1, 0.15) is 17.6 Å². The Hall–Kier alpha value is -2.14. The molecule has 0 radical (unpaired) electrons. The van der Waals surface area contributed by atoms with Crippen molar-refractivity contribution in [2.75, 3.05) is 7.11 Å². The first kappa shape index (κ1) is 15.3. The maximum atomic E-state index is 12.4. The maximum Gasteiger partial charge on any atom is 0.387 e. The molecule has 1 unspecified atom stereocenters. The topological polar surface area (TPSA) is 38.7 Å². The summed E-state index contributed by atoms with van der Waals surface area (Å²) in [6.07, 6.45) is -1.12. The van der Waals surface area contributed by atoms with Crippen LogP contribution < -0.4 is 9.47 Å². The number of aryl methyl sites for hydroxylation is 1. The number of alkyl halides is 2. The zero-order valence-corrected chi connectivity index (χ0v) is 11.7. The van der Waals surface area contributed by atoms with Gasteiger partial charge in [-0.05, 0) is 25.1 Å². The predicted molar refractivity (Wildman–Crippen MR) is 74.9 cm³/mol. The summed E-state index contributed by atoms with van der Waals surface area (Å²) in [6, 6.07) is 11.5. The Morgan fingerprint density at radius 3 is 2.38 bits per heavy atom. The second-order valence-corrected chi connectivity index (χ2v) is 4.56. The van der Waals surface area contributed by atoms with Gasteiger partial charge in [0.05, 0.1) is 7.11 Å². The molecule has 112 valence electrons. The molecule has 5 heteroatoms. The standard InChI is InChI=1S/C16H16F2O3/c1-10-7-8-13(20-2)12(9-10)15(19)11-5-3-4-6-14(11)21-16(17)18/h3-9,15-16,19H,1-2H3. The number of hydrogen-bond donors (Lipinski definition) is 1. The molecule has 0 saturated heterocycles. The average Bonchev–Trinajstić information content (AvgIpc) is 2.46. The summed E-state index contributed by atoms with van der Waals surface area (Å²) < 4.78 is 34.6. The average molecular weight is 294 g/mol. The van der Waals surface area contributed by atoms with Crippen LogP contribution in [0.25, 0.3) is 0 Å². The fourth-order valence-electron chi connectivity index (χ4n) is 2.14. The molecule has 2 aromatic carbocycles. The number of methoxy groups -OCH3 is 1. The Kier molecular flexibility index (Phi) is 4.75. The van der Waals surface area contributed by atoms with Crippen LogP contribution in [0.3, 0.4) is 0 Å². The van der Waals surface area contributed by atoms with E-state index in [1.54, 1.807) is 30.3 Å². The predicted octanol–water partition coefficient (Wildman–Crippen LogP) is 3.69. The van der Waals surface area contributed by atoms with Crippen molar-refractivity contribution in [3.8, 4) is 11.5 Å². The van der Waals surface area contributed by atoms with E-state index in [1.165, 1.54) is 13.2 Å². The summed E-state index contributed by atoms with van der Waals surface area (Å²) >= 11 is 0. The van der Waals surface area contributed by atoms with Crippen LogP contribution in [0.5, 0.6) is 11.5 Å². The fraction of sp³-hybridized carbons (Fsp3) is 0.250. The Balaban J connectivity index is 2.45. The zero-order chi connectivity index (χ0) is 15.4. The second-order valence-electron chi connectivity index (χ2n) is 4.56. The van der Waals surface area contributed by atoms with Crippen molar-refractivity contribution in [2.45, 2.75) is 19.6 Å². The van der Waals surface area contributed by atoms with Gasteiger partial charge in [-0.15, -0.1) is 0 Å². The van der Waals surface area contributed by atoms with Gasteiger partial charge in [0, 0.05) is 11.1 Å². The number of aliphatic hydroxyl groups excluding tert-OH is 1. The number of benzene rings is 2. The van der Waals surface area contributed by atoms with Gasteiger partial charge in [-0.2, -0.15) is 8.78 Å². The quantitative estimate of drug-likeness (QED) is 0.914. The summed E-state index contributed by atoms with van der Waals surface area (Å²) in [5.74, 6) is 0.434. The van der Waals surface area contributed by atoms with E-state index in [0.29, 0.717) is 11.3 Å². The first-order chi connectivity index (χ1) is 10.0. The van der Waals surface area contributed by atoms with Crippen molar-refractivity contribution in [2.24, 2.45) is 0 Å².